The molecule has 0 aliphatic carbocycles. The largest absolute Gasteiger partial charge is 0.432 e. The minimum Gasteiger partial charge on any atom is -0.432 e. The van der Waals surface area contributed by atoms with Gasteiger partial charge in [0.15, 0.2) is 11.2 Å². The van der Waals surface area contributed by atoms with Crippen molar-refractivity contribution in [2.24, 2.45) is 0 Å². The van der Waals surface area contributed by atoms with E-state index in [4.69, 9.17) is 21.7 Å². The number of ether oxygens (including phenoxy) is 2. The minimum absolute atomic E-state index is 0.107. The Morgan fingerprint density at radius 3 is 2.62 bits per heavy atom. The summed E-state index contributed by atoms with van der Waals surface area (Å²) in [5, 5.41) is 5.19. The highest BCUT2D eigenvalue weighted by Gasteiger charge is 2.41. The van der Waals surface area contributed by atoms with E-state index in [2.05, 4.69) is 10.6 Å². The second-order valence-corrected chi connectivity index (χ2v) is 4.17. The van der Waals surface area contributed by atoms with Crippen LogP contribution in [0.5, 0.6) is 0 Å². The average Bonchev–Trinajstić information content (AvgIpc) is 2.39. The third-order valence-corrected chi connectivity index (χ3v) is 2.19. The number of carbonyl (C=O) groups is 2. The predicted molar refractivity (Wildman–Crippen MR) is 59.5 cm³/mol. The van der Waals surface area contributed by atoms with Gasteiger partial charge in [-0.25, -0.2) is 4.79 Å². The number of thiocarbonyl (C=S) groups is 1. The molecule has 0 spiro atoms. The first-order valence-electron chi connectivity index (χ1n) is 4.76. The van der Waals surface area contributed by atoms with Gasteiger partial charge in [-0.1, -0.05) is 0 Å². The third-order valence-electron chi connectivity index (χ3n) is 1.89. The number of cyclic esters (lactones) is 1. The summed E-state index contributed by atoms with van der Waals surface area (Å²) in [7, 11) is 1.59. The fraction of sp³-hybridized carbons (Fsp3) is 0.667. The first-order valence-corrected chi connectivity index (χ1v) is 5.17. The van der Waals surface area contributed by atoms with Crippen LogP contribution in [-0.4, -0.2) is 35.9 Å². The molecule has 2 N–H and O–H groups in total. The number of hydrogen-bond donors (Lipinski definition) is 2. The molecule has 1 saturated heterocycles. The van der Waals surface area contributed by atoms with Crippen molar-refractivity contribution in [1.82, 2.24) is 10.6 Å². The molecule has 16 heavy (non-hydrogen) atoms. The molecule has 7 heteroatoms. The van der Waals surface area contributed by atoms with Crippen LogP contribution < -0.4 is 10.6 Å². The molecule has 0 aromatic carbocycles. The summed E-state index contributed by atoms with van der Waals surface area (Å²) in [6.07, 6.45) is -0.973. The van der Waals surface area contributed by atoms with Gasteiger partial charge in [0.05, 0.1) is 6.42 Å². The molecule has 1 heterocycles. The summed E-state index contributed by atoms with van der Waals surface area (Å²) in [6.45, 7) is 3.22. The first-order chi connectivity index (χ1) is 7.34. The Hall–Kier alpha value is -1.21. The molecular weight excluding hydrogens is 232 g/mol. The van der Waals surface area contributed by atoms with Crippen LogP contribution in [0.15, 0.2) is 0 Å². The quantitative estimate of drug-likeness (QED) is 0.513. The number of carbonyl (C=O) groups excluding carboxylic acids is 2. The number of nitrogens with one attached hydrogen (secondary N) is 2. The number of esters is 1. The second-order valence-electron chi connectivity index (χ2n) is 3.76. The number of rotatable bonds is 2. The molecule has 0 aromatic heterocycles. The molecule has 1 amide bonds. The molecule has 6 nitrogen and oxygen atoms in total. The van der Waals surface area contributed by atoms with Crippen LogP contribution in [-0.2, 0) is 19.1 Å². The van der Waals surface area contributed by atoms with Crippen LogP contribution in [0.2, 0.25) is 0 Å². The van der Waals surface area contributed by atoms with Crippen molar-refractivity contribution in [3.8, 4) is 0 Å². The zero-order valence-corrected chi connectivity index (χ0v) is 10.1. The van der Waals surface area contributed by atoms with E-state index in [1.165, 1.54) is 0 Å². The van der Waals surface area contributed by atoms with E-state index in [1.807, 2.05) is 0 Å². The first kappa shape index (κ1) is 12.9. The van der Waals surface area contributed by atoms with Crippen LogP contribution in [0, 0.1) is 0 Å². The van der Waals surface area contributed by atoms with Gasteiger partial charge >= 0.3 is 5.97 Å². The zero-order valence-electron chi connectivity index (χ0n) is 9.33. The molecule has 1 aliphatic heterocycles. The van der Waals surface area contributed by atoms with Gasteiger partial charge in [-0.05, 0) is 12.2 Å². The Labute approximate surface area is 98.7 Å². The summed E-state index contributed by atoms with van der Waals surface area (Å²) < 4.78 is 10.2. The highest BCUT2D eigenvalue weighted by atomic mass is 32.1. The molecule has 0 unspecified atom stereocenters. The second kappa shape index (κ2) is 4.75. The van der Waals surface area contributed by atoms with Crippen molar-refractivity contribution >= 4 is 29.2 Å². The van der Waals surface area contributed by atoms with Crippen LogP contribution in [0.1, 0.15) is 20.3 Å². The monoisotopic (exact) mass is 246 g/mol. The lowest BCUT2D eigenvalue weighted by Gasteiger charge is -2.15. The van der Waals surface area contributed by atoms with Crippen LogP contribution >= 0.6 is 12.2 Å². The lowest BCUT2D eigenvalue weighted by Crippen LogP contribution is -2.39. The summed E-state index contributed by atoms with van der Waals surface area (Å²) in [5.74, 6) is -1.89. The van der Waals surface area contributed by atoms with E-state index in [9.17, 15) is 9.59 Å². The Bertz CT molecular complexity index is 329. The minimum atomic E-state index is -0.967. The standard InChI is InChI=1S/C9H14N2O4S/c1-9(2)14-5(7(13)15-9)4-6(12)11-8(16)10-3/h5H,4H2,1-3H3,(H2,10,11,12,16)/t5-/m1/s1. The Morgan fingerprint density at radius 2 is 2.19 bits per heavy atom. The summed E-state index contributed by atoms with van der Waals surface area (Å²) in [6, 6.07) is 0. The van der Waals surface area contributed by atoms with E-state index in [0.717, 1.165) is 0 Å². The molecular formula is C9H14N2O4S. The van der Waals surface area contributed by atoms with Gasteiger partial charge in [-0.2, -0.15) is 0 Å². The van der Waals surface area contributed by atoms with E-state index >= 15 is 0 Å². The van der Waals surface area contributed by atoms with Crippen molar-refractivity contribution in [3.05, 3.63) is 0 Å². The SMILES string of the molecule is CNC(=S)NC(=O)C[C@H]1OC(C)(C)OC1=O. The molecule has 0 saturated carbocycles. The molecule has 1 atom stereocenters. The van der Waals surface area contributed by atoms with E-state index in [0.29, 0.717) is 0 Å². The predicted octanol–water partition coefficient (Wildman–Crippen LogP) is -0.325. The van der Waals surface area contributed by atoms with Crippen molar-refractivity contribution < 1.29 is 19.1 Å². The maximum Gasteiger partial charge on any atom is 0.338 e. The van der Waals surface area contributed by atoms with Crippen molar-refractivity contribution in [3.63, 3.8) is 0 Å². The number of amides is 1. The molecule has 1 rings (SSSR count). The van der Waals surface area contributed by atoms with Crippen molar-refractivity contribution in [2.45, 2.75) is 32.2 Å². The highest BCUT2D eigenvalue weighted by molar-refractivity contribution is 7.80. The average molecular weight is 246 g/mol. The van der Waals surface area contributed by atoms with Crippen LogP contribution in [0.25, 0.3) is 0 Å². The zero-order chi connectivity index (χ0) is 12.3. The molecule has 90 valence electrons. The molecule has 1 fully saturated rings. The molecule has 0 aromatic rings. The van der Waals surface area contributed by atoms with Crippen molar-refractivity contribution in [2.75, 3.05) is 7.05 Å². The Balaban J connectivity index is 2.46. The molecule has 0 bridgehead atoms. The summed E-state index contributed by atoms with van der Waals surface area (Å²) in [4.78, 5) is 22.7. The fourth-order valence-corrected chi connectivity index (χ4v) is 1.37. The van der Waals surface area contributed by atoms with Gasteiger partial charge < -0.3 is 20.1 Å². The van der Waals surface area contributed by atoms with Gasteiger partial charge in [0.1, 0.15) is 0 Å². The van der Waals surface area contributed by atoms with Gasteiger partial charge in [0.25, 0.3) is 0 Å². The summed E-state index contributed by atoms with van der Waals surface area (Å²) in [5.41, 5.74) is 0. The van der Waals surface area contributed by atoms with Crippen molar-refractivity contribution in [1.29, 1.82) is 0 Å². The normalized spacial score (nSPS) is 22.4. The van der Waals surface area contributed by atoms with E-state index in [1.54, 1.807) is 20.9 Å². The van der Waals surface area contributed by atoms with Gasteiger partial charge in [0, 0.05) is 20.9 Å². The van der Waals surface area contributed by atoms with Gasteiger partial charge in [-0.3, -0.25) is 4.79 Å². The molecule has 0 radical (unpaired) electrons. The Morgan fingerprint density at radius 1 is 1.56 bits per heavy atom. The smallest absolute Gasteiger partial charge is 0.338 e. The number of hydrogen-bond acceptors (Lipinski definition) is 5. The van der Waals surface area contributed by atoms with Crippen LogP contribution in [0.3, 0.4) is 0 Å². The van der Waals surface area contributed by atoms with Gasteiger partial charge in [0.2, 0.25) is 11.7 Å². The maximum absolute atomic E-state index is 11.4. The highest BCUT2D eigenvalue weighted by Crippen LogP contribution is 2.25. The van der Waals surface area contributed by atoms with E-state index < -0.39 is 17.9 Å². The summed E-state index contributed by atoms with van der Waals surface area (Å²) >= 11 is 4.75. The topological polar surface area (TPSA) is 76.7 Å². The van der Waals surface area contributed by atoms with Crippen LogP contribution in [0.4, 0.5) is 0 Å². The fourth-order valence-electron chi connectivity index (χ4n) is 1.26. The van der Waals surface area contributed by atoms with E-state index in [-0.39, 0.29) is 17.4 Å². The van der Waals surface area contributed by atoms with Gasteiger partial charge in [-0.15, -0.1) is 0 Å². The lowest BCUT2D eigenvalue weighted by molar-refractivity contribution is -0.160. The Kier molecular flexibility index (Phi) is 3.82. The lowest BCUT2D eigenvalue weighted by atomic mass is 10.2. The molecule has 1 aliphatic rings. The third kappa shape index (κ3) is 3.42. The maximum atomic E-state index is 11.4.